The van der Waals surface area contributed by atoms with Crippen LogP contribution in [0, 0.1) is 5.92 Å². The Bertz CT molecular complexity index is 664. The molecule has 3 rings (SSSR count). The predicted molar refractivity (Wildman–Crippen MR) is 98.2 cm³/mol. The second kappa shape index (κ2) is 8.40. The zero-order chi connectivity index (χ0) is 18.5. The van der Waals surface area contributed by atoms with Crippen molar-refractivity contribution in [3.63, 3.8) is 0 Å². The van der Waals surface area contributed by atoms with Gasteiger partial charge in [-0.15, -0.1) is 0 Å². The van der Waals surface area contributed by atoms with Crippen molar-refractivity contribution in [3.05, 3.63) is 18.2 Å². The van der Waals surface area contributed by atoms with Crippen LogP contribution in [0.2, 0.25) is 0 Å². The van der Waals surface area contributed by atoms with Gasteiger partial charge in [0.2, 0.25) is 11.8 Å². The topological polar surface area (TPSA) is 93.9 Å². The molecule has 1 aliphatic heterocycles. The molecule has 1 saturated carbocycles. The largest absolute Gasteiger partial charge is 0.486 e. The molecule has 7 nitrogen and oxygen atoms in total. The third-order valence-electron chi connectivity index (χ3n) is 5.05. The highest BCUT2D eigenvalue weighted by molar-refractivity contribution is 5.94. The van der Waals surface area contributed by atoms with E-state index >= 15 is 0 Å². The lowest BCUT2D eigenvalue weighted by molar-refractivity contribution is -0.135. The van der Waals surface area contributed by atoms with Crippen molar-refractivity contribution < 1.29 is 19.1 Å². The Hall–Kier alpha value is -2.28. The summed E-state index contributed by atoms with van der Waals surface area (Å²) in [6.07, 6.45) is 3.48. The van der Waals surface area contributed by atoms with E-state index in [1.807, 2.05) is 6.92 Å². The standard InChI is InChI=1S/C19H27N3O4/c1-2-22(19(24)10-13-4-3-5-15(13)20)12-18(23)21-14-6-7-16-17(11-14)26-9-8-25-16/h6-7,11,13,15H,2-5,8-10,12,20H2,1H3,(H,21,23)/t13-,15+/m0/s1. The molecule has 0 spiro atoms. The first-order valence-corrected chi connectivity index (χ1v) is 9.29. The zero-order valence-corrected chi connectivity index (χ0v) is 15.2. The Labute approximate surface area is 153 Å². The number of anilines is 1. The zero-order valence-electron chi connectivity index (χ0n) is 15.2. The lowest BCUT2D eigenvalue weighted by Gasteiger charge is -2.24. The quantitative estimate of drug-likeness (QED) is 0.805. The highest BCUT2D eigenvalue weighted by Gasteiger charge is 2.28. The number of rotatable bonds is 6. The van der Waals surface area contributed by atoms with E-state index in [1.54, 1.807) is 23.1 Å². The lowest BCUT2D eigenvalue weighted by atomic mass is 9.99. The maximum atomic E-state index is 12.5. The summed E-state index contributed by atoms with van der Waals surface area (Å²) < 4.78 is 11.0. The monoisotopic (exact) mass is 361 g/mol. The van der Waals surface area contributed by atoms with Crippen LogP contribution in [0.5, 0.6) is 11.5 Å². The molecule has 1 aromatic carbocycles. The molecule has 7 heteroatoms. The lowest BCUT2D eigenvalue weighted by Crippen LogP contribution is -2.40. The second-order valence-electron chi connectivity index (χ2n) is 6.87. The van der Waals surface area contributed by atoms with Gasteiger partial charge in [0.25, 0.3) is 0 Å². The van der Waals surface area contributed by atoms with E-state index in [0.717, 1.165) is 19.3 Å². The molecule has 0 unspecified atom stereocenters. The van der Waals surface area contributed by atoms with E-state index < -0.39 is 0 Å². The van der Waals surface area contributed by atoms with E-state index in [9.17, 15) is 9.59 Å². The first-order valence-electron chi connectivity index (χ1n) is 9.29. The summed E-state index contributed by atoms with van der Waals surface area (Å²) in [4.78, 5) is 26.4. The van der Waals surface area contributed by atoms with Crippen LogP contribution < -0.4 is 20.5 Å². The van der Waals surface area contributed by atoms with Gasteiger partial charge in [0.05, 0.1) is 6.54 Å². The number of ether oxygens (including phenoxy) is 2. The molecule has 0 bridgehead atoms. The van der Waals surface area contributed by atoms with Crippen LogP contribution in [0.4, 0.5) is 5.69 Å². The minimum absolute atomic E-state index is 0.00725. The summed E-state index contributed by atoms with van der Waals surface area (Å²) in [7, 11) is 0. The van der Waals surface area contributed by atoms with Crippen LogP contribution >= 0.6 is 0 Å². The Morgan fingerprint density at radius 2 is 2.00 bits per heavy atom. The molecule has 0 radical (unpaired) electrons. The van der Waals surface area contributed by atoms with Crippen molar-refractivity contribution >= 4 is 17.5 Å². The van der Waals surface area contributed by atoms with E-state index in [0.29, 0.717) is 43.4 Å². The number of likely N-dealkylation sites (N-methyl/N-ethyl adjacent to an activating group) is 1. The number of nitrogens with zero attached hydrogens (tertiary/aromatic N) is 1. The molecule has 2 amide bonds. The van der Waals surface area contributed by atoms with E-state index in [4.69, 9.17) is 15.2 Å². The number of nitrogens with one attached hydrogen (secondary N) is 1. The molecule has 2 atom stereocenters. The van der Waals surface area contributed by atoms with Gasteiger partial charge in [-0.05, 0) is 37.8 Å². The van der Waals surface area contributed by atoms with Crippen molar-refractivity contribution in [2.24, 2.45) is 11.7 Å². The minimum Gasteiger partial charge on any atom is -0.486 e. The Balaban J connectivity index is 1.54. The van der Waals surface area contributed by atoms with Gasteiger partial charge in [0, 0.05) is 30.8 Å². The Morgan fingerprint density at radius 1 is 1.23 bits per heavy atom. The minimum atomic E-state index is -0.229. The van der Waals surface area contributed by atoms with Crippen LogP contribution in [-0.4, -0.2) is 49.1 Å². The number of hydrogen-bond acceptors (Lipinski definition) is 5. The normalized spacial score (nSPS) is 21.3. The Morgan fingerprint density at radius 3 is 2.69 bits per heavy atom. The molecular weight excluding hydrogens is 334 g/mol. The number of carbonyl (C=O) groups excluding carboxylic acids is 2. The van der Waals surface area contributed by atoms with Gasteiger partial charge in [-0.2, -0.15) is 0 Å². The van der Waals surface area contributed by atoms with Crippen LogP contribution in [0.3, 0.4) is 0 Å². The average Bonchev–Trinajstić information content (AvgIpc) is 3.04. The fourth-order valence-electron chi connectivity index (χ4n) is 3.54. The molecule has 26 heavy (non-hydrogen) atoms. The van der Waals surface area contributed by atoms with E-state index in [2.05, 4.69) is 5.32 Å². The van der Waals surface area contributed by atoms with E-state index in [-0.39, 0.29) is 30.3 Å². The number of fused-ring (bicyclic) bond motifs is 1. The highest BCUT2D eigenvalue weighted by atomic mass is 16.6. The summed E-state index contributed by atoms with van der Waals surface area (Å²) >= 11 is 0. The van der Waals surface area contributed by atoms with Gasteiger partial charge < -0.3 is 25.4 Å². The molecule has 0 saturated heterocycles. The van der Waals surface area contributed by atoms with Gasteiger partial charge in [-0.25, -0.2) is 0 Å². The summed E-state index contributed by atoms with van der Waals surface area (Å²) in [5.41, 5.74) is 6.68. The van der Waals surface area contributed by atoms with Crippen molar-refractivity contribution in [2.75, 3.05) is 31.6 Å². The molecule has 1 aliphatic carbocycles. The molecule has 3 N–H and O–H groups in total. The summed E-state index contributed by atoms with van der Waals surface area (Å²) in [5.74, 6) is 1.29. The number of benzene rings is 1. The molecule has 1 aromatic rings. The molecule has 1 fully saturated rings. The predicted octanol–water partition coefficient (Wildman–Crippen LogP) is 1.76. The van der Waals surface area contributed by atoms with Crippen LogP contribution in [0.1, 0.15) is 32.6 Å². The third-order valence-corrected chi connectivity index (χ3v) is 5.05. The van der Waals surface area contributed by atoms with Gasteiger partial charge in [0.1, 0.15) is 13.2 Å². The first kappa shape index (κ1) is 18.5. The van der Waals surface area contributed by atoms with Gasteiger partial charge in [0.15, 0.2) is 11.5 Å². The van der Waals surface area contributed by atoms with Crippen molar-refractivity contribution in [1.82, 2.24) is 4.90 Å². The molecule has 142 valence electrons. The average molecular weight is 361 g/mol. The number of nitrogens with two attached hydrogens (primary N) is 1. The van der Waals surface area contributed by atoms with Crippen LogP contribution in [0.25, 0.3) is 0 Å². The molecule has 0 aromatic heterocycles. The van der Waals surface area contributed by atoms with Gasteiger partial charge >= 0.3 is 0 Å². The van der Waals surface area contributed by atoms with Crippen molar-refractivity contribution in [1.29, 1.82) is 0 Å². The summed E-state index contributed by atoms with van der Waals surface area (Å²) in [5, 5.41) is 2.82. The second-order valence-corrected chi connectivity index (χ2v) is 6.87. The number of hydrogen-bond donors (Lipinski definition) is 2. The van der Waals surface area contributed by atoms with Gasteiger partial charge in [-0.3, -0.25) is 9.59 Å². The fraction of sp³-hybridized carbons (Fsp3) is 0.579. The fourth-order valence-corrected chi connectivity index (χ4v) is 3.54. The third kappa shape index (κ3) is 4.46. The van der Waals surface area contributed by atoms with E-state index in [1.165, 1.54) is 0 Å². The smallest absolute Gasteiger partial charge is 0.243 e. The SMILES string of the molecule is CCN(CC(=O)Nc1ccc2c(c1)OCCO2)C(=O)C[C@@H]1CCC[C@H]1N. The maximum absolute atomic E-state index is 12.5. The summed E-state index contributed by atoms with van der Waals surface area (Å²) in [6.45, 7) is 3.42. The number of carbonyl (C=O) groups is 2. The molecule has 1 heterocycles. The Kier molecular flexibility index (Phi) is 5.98. The number of amides is 2. The van der Waals surface area contributed by atoms with Crippen LogP contribution in [0.15, 0.2) is 18.2 Å². The molecular formula is C19H27N3O4. The first-order chi connectivity index (χ1) is 12.6. The van der Waals surface area contributed by atoms with Crippen LogP contribution in [-0.2, 0) is 9.59 Å². The van der Waals surface area contributed by atoms with Gasteiger partial charge in [-0.1, -0.05) is 6.42 Å². The highest BCUT2D eigenvalue weighted by Crippen LogP contribution is 2.32. The van der Waals surface area contributed by atoms with Crippen molar-refractivity contribution in [3.8, 4) is 11.5 Å². The maximum Gasteiger partial charge on any atom is 0.243 e. The molecule has 2 aliphatic rings. The summed E-state index contributed by atoms with van der Waals surface area (Å²) in [6, 6.07) is 5.38. The van der Waals surface area contributed by atoms with Crippen molar-refractivity contribution in [2.45, 2.75) is 38.6 Å².